The Hall–Kier alpha value is -2.36. The predicted octanol–water partition coefficient (Wildman–Crippen LogP) is 2.06. The number of nitrogens with one attached hydrogen (secondary N) is 1. The number of methoxy groups -OCH3 is 1. The Morgan fingerprint density at radius 1 is 1.32 bits per heavy atom. The Labute approximate surface area is 112 Å². The first kappa shape index (κ1) is 13.1. The summed E-state index contributed by atoms with van der Waals surface area (Å²) in [4.78, 5) is 16.0. The maximum atomic E-state index is 11.9. The van der Waals surface area contributed by atoms with Gasteiger partial charge >= 0.3 is 0 Å². The summed E-state index contributed by atoms with van der Waals surface area (Å²) in [6.07, 6.45) is 4.31. The van der Waals surface area contributed by atoms with Crippen molar-refractivity contribution in [3.63, 3.8) is 0 Å². The smallest absolute Gasteiger partial charge is 0.251 e. The summed E-state index contributed by atoms with van der Waals surface area (Å²) in [6.45, 7) is 0.585. The van der Waals surface area contributed by atoms with Crippen LogP contribution in [0.4, 0.5) is 0 Å². The highest BCUT2D eigenvalue weighted by atomic mass is 16.5. The minimum atomic E-state index is -0.0946. The number of hydrogen-bond acceptors (Lipinski definition) is 3. The van der Waals surface area contributed by atoms with E-state index in [1.54, 1.807) is 37.7 Å². The number of carbonyl (C=O) groups excluding carboxylic acids is 1. The van der Waals surface area contributed by atoms with Crippen LogP contribution >= 0.6 is 0 Å². The van der Waals surface area contributed by atoms with E-state index < -0.39 is 0 Å². The molecule has 1 aromatic heterocycles. The molecule has 0 atom stereocenters. The molecular formula is C15H16N2O2. The molecule has 2 rings (SSSR count). The van der Waals surface area contributed by atoms with Gasteiger partial charge in [-0.2, -0.15) is 0 Å². The number of hydrogen-bond donors (Lipinski definition) is 1. The number of rotatable bonds is 5. The van der Waals surface area contributed by atoms with E-state index in [1.165, 1.54) is 0 Å². The van der Waals surface area contributed by atoms with Gasteiger partial charge in [0.05, 0.1) is 7.11 Å². The molecule has 1 amide bonds. The highest BCUT2D eigenvalue weighted by Gasteiger charge is 2.05. The number of pyridine rings is 1. The van der Waals surface area contributed by atoms with Gasteiger partial charge in [-0.15, -0.1) is 0 Å². The SMILES string of the molecule is COc1cccc(C(=O)NCCc2cccnc2)c1. The second kappa shape index (κ2) is 6.54. The normalized spacial score (nSPS) is 9.95. The molecule has 0 aliphatic rings. The van der Waals surface area contributed by atoms with E-state index in [1.807, 2.05) is 18.2 Å². The van der Waals surface area contributed by atoms with Crippen LogP contribution in [0.2, 0.25) is 0 Å². The van der Waals surface area contributed by atoms with E-state index in [4.69, 9.17) is 4.74 Å². The summed E-state index contributed by atoms with van der Waals surface area (Å²) >= 11 is 0. The molecule has 1 N–H and O–H groups in total. The molecule has 19 heavy (non-hydrogen) atoms. The van der Waals surface area contributed by atoms with Gasteiger partial charge in [0, 0.05) is 24.5 Å². The van der Waals surface area contributed by atoms with E-state index in [2.05, 4.69) is 10.3 Å². The zero-order valence-corrected chi connectivity index (χ0v) is 10.8. The van der Waals surface area contributed by atoms with Crippen LogP contribution in [0.1, 0.15) is 15.9 Å². The van der Waals surface area contributed by atoms with Crippen molar-refractivity contribution < 1.29 is 9.53 Å². The van der Waals surface area contributed by atoms with Crippen LogP contribution < -0.4 is 10.1 Å². The molecule has 98 valence electrons. The average Bonchev–Trinajstić information content (AvgIpc) is 2.48. The van der Waals surface area contributed by atoms with Crippen LogP contribution in [0.25, 0.3) is 0 Å². The second-order valence-corrected chi connectivity index (χ2v) is 4.10. The number of aromatic nitrogens is 1. The minimum Gasteiger partial charge on any atom is -0.497 e. The first-order valence-corrected chi connectivity index (χ1v) is 6.11. The maximum absolute atomic E-state index is 11.9. The quantitative estimate of drug-likeness (QED) is 0.891. The highest BCUT2D eigenvalue weighted by Crippen LogP contribution is 2.12. The monoisotopic (exact) mass is 256 g/mol. The fraction of sp³-hybridized carbons (Fsp3) is 0.200. The Morgan fingerprint density at radius 2 is 2.21 bits per heavy atom. The van der Waals surface area contributed by atoms with Crippen molar-refractivity contribution >= 4 is 5.91 Å². The van der Waals surface area contributed by atoms with Gasteiger partial charge in [0.2, 0.25) is 0 Å². The van der Waals surface area contributed by atoms with Crippen molar-refractivity contribution in [2.75, 3.05) is 13.7 Å². The molecule has 0 unspecified atom stereocenters. The minimum absolute atomic E-state index is 0.0946. The molecule has 0 fully saturated rings. The number of nitrogens with zero attached hydrogens (tertiary/aromatic N) is 1. The second-order valence-electron chi connectivity index (χ2n) is 4.10. The first-order chi connectivity index (χ1) is 9.29. The molecule has 4 nitrogen and oxygen atoms in total. The van der Waals surface area contributed by atoms with Gasteiger partial charge in [0.15, 0.2) is 0 Å². The molecule has 0 bridgehead atoms. The summed E-state index contributed by atoms with van der Waals surface area (Å²) in [7, 11) is 1.58. The number of benzene rings is 1. The number of amides is 1. The van der Waals surface area contributed by atoms with Crippen LogP contribution in [-0.2, 0) is 6.42 Å². The van der Waals surface area contributed by atoms with Crippen molar-refractivity contribution in [1.82, 2.24) is 10.3 Å². The van der Waals surface area contributed by atoms with Gasteiger partial charge in [0.1, 0.15) is 5.75 Å². The van der Waals surface area contributed by atoms with Crippen molar-refractivity contribution in [2.45, 2.75) is 6.42 Å². The van der Waals surface area contributed by atoms with Gasteiger partial charge in [-0.3, -0.25) is 9.78 Å². The summed E-state index contributed by atoms with van der Waals surface area (Å²) in [5.41, 5.74) is 1.71. The lowest BCUT2D eigenvalue weighted by Gasteiger charge is -2.06. The van der Waals surface area contributed by atoms with Crippen LogP contribution in [0, 0.1) is 0 Å². The molecule has 0 saturated carbocycles. The van der Waals surface area contributed by atoms with Gasteiger partial charge in [-0.25, -0.2) is 0 Å². The summed E-state index contributed by atoms with van der Waals surface area (Å²) in [5, 5.41) is 2.88. The third kappa shape index (κ3) is 3.81. The highest BCUT2D eigenvalue weighted by molar-refractivity contribution is 5.94. The first-order valence-electron chi connectivity index (χ1n) is 6.11. The average molecular weight is 256 g/mol. The van der Waals surface area contributed by atoms with Gasteiger partial charge in [-0.1, -0.05) is 12.1 Å². The van der Waals surface area contributed by atoms with E-state index >= 15 is 0 Å². The van der Waals surface area contributed by atoms with Crippen LogP contribution in [0.15, 0.2) is 48.8 Å². The molecule has 0 aliphatic carbocycles. The van der Waals surface area contributed by atoms with Crippen molar-refractivity contribution in [3.8, 4) is 5.75 Å². The van der Waals surface area contributed by atoms with E-state index in [9.17, 15) is 4.79 Å². The largest absolute Gasteiger partial charge is 0.497 e. The van der Waals surface area contributed by atoms with Crippen LogP contribution in [0.5, 0.6) is 5.75 Å². The molecule has 0 saturated heterocycles. The predicted molar refractivity (Wildman–Crippen MR) is 73.3 cm³/mol. The maximum Gasteiger partial charge on any atom is 0.251 e. The molecule has 2 aromatic rings. The Morgan fingerprint density at radius 3 is 2.95 bits per heavy atom. The van der Waals surface area contributed by atoms with E-state index in [0.717, 1.165) is 12.0 Å². The summed E-state index contributed by atoms with van der Waals surface area (Å²) in [6, 6.07) is 11.0. The van der Waals surface area contributed by atoms with Crippen molar-refractivity contribution in [3.05, 3.63) is 59.9 Å². The van der Waals surface area contributed by atoms with E-state index in [0.29, 0.717) is 17.9 Å². The number of ether oxygens (including phenoxy) is 1. The molecule has 1 aromatic carbocycles. The molecule has 1 heterocycles. The Kier molecular flexibility index (Phi) is 4.50. The topological polar surface area (TPSA) is 51.2 Å². The molecule has 4 heteroatoms. The lowest BCUT2D eigenvalue weighted by molar-refractivity contribution is 0.0954. The van der Waals surface area contributed by atoms with Gasteiger partial charge in [0.25, 0.3) is 5.91 Å². The fourth-order valence-electron chi connectivity index (χ4n) is 1.73. The zero-order valence-electron chi connectivity index (χ0n) is 10.8. The molecule has 0 spiro atoms. The van der Waals surface area contributed by atoms with Gasteiger partial charge < -0.3 is 10.1 Å². The fourth-order valence-corrected chi connectivity index (χ4v) is 1.73. The van der Waals surface area contributed by atoms with Crippen molar-refractivity contribution in [1.29, 1.82) is 0 Å². The standard InChI is InChI=1S/C15H16N2O2/c1-19-14-6-2-5-13(10-14)15(18)17-9-7-12-4-3-8-16-11-12/h2-6,8,10-11H,7,9H2,1H3,(H,17,18). The number of carbonyl (C=O) groups is 1. The lowest BCUT2D eigenvalue weighted by Crippen LogP contribution is -2.25. The van der Waals surface area contributed by atoms with Gasteiger partial charge in [-0.05, 0) is 36.2 Å². The molecule has 0 radical (unpaired) electrons. The van der Waals surface area contributed by atoms with Crippen LogP contribution in [-0.4, -0.2) is 24.5 Å². The Balaban J connectivity index is 1.87. The van der Waals surface area contributed by atoms with E-state index in [-0.39, 0.29) is 5.91 Å². The summed E-state index contributed by atoms with van der Waals surface area (Å²) < 4.78 is 5.09. The molecular weight excluding hydrogens is 240 g/mol. The molecule has 0 aliphatic heterocycles. The van der Waals surface area contributed by atoms with Crippen molar-refractivity contribution in [2.24, 2.45) is 0 Å². The zero-order chi connectivity index (χ0) is 13.5. The van der Waals surface area contributed by atoms with Crippen LogP contribution in [0.3, 0.4) is 0 Å². The third-order valence-electron chi connectivity index (χ3n) is 2.75. The Bertz CT molecular complexity index is 541. The summed E-state index contributed by atoms with van der Waals surface area (Å²) in [5.74, 6) is 0.586. The third-order valence-corrected chi connectivity index (χ3v) is 2.75. The lowest BCUT2D eigenvalue weighted by atomic mass is 10.2.